The van der Waals surface area contributed by atoms with Gasteiger partial charge in [-0.25, -0.2) is 4.98 Å². The van der Waals surface area contributed by atoms with Gasteiger partial charge in [-0.3, -0.25) is 4.79 Å². The van der Waals surface area contributed by atoms with Crippen molar-refractivity contribution in [2.75, 3.05) is 6.54 Å². The number of aryl methyl sites for hydroxylation is 3. The molecular formula is C16H20N2OS. The molecule has 2 aromatic rings. The molecule has 0 saturated carbocycles. The van der Waals surface area contributed by atoms with Crippen LogP contribution in [-0.2, 0) is 17.6 Å². The molecule has 0 spiro atoms. The normalized spacial score (nSPS) is 10.4. The maximum absolute atomic E-state index is 11.7. The van der Waals surface area contributed by atoms with Crippen molar-refractivity contribution >= 4 is 17.2 Å². The van der Waals surface area contributed by atoms with E-state index < -0.39 is 0 Å². The second-order valence-electron chi connectivity index (χ2n) is 4.82. The lowest BCUT2D eigenvalue weighted by atomic mass is 10.1. The van der Waals surface area contributed by atoms with Crippen LogP contribution in [0.25, 0.3) is 0 Å². The molecule has 4 heteroatoms. The average molecular weight is 288 g/mol. The van der Waals surface area contributed by atoms with Crippen LogP contribution in [0.3, 0.4) is 0 Å². The van der Waals surface area contributed by atoms with Gasteiger partial charge in [-0.2, -0.15) is 0 Å². The van der Waals surface area contributed by atoms with Crippen LogP contribution in [0.4, 0.5) is 0 Å². The summed E-state index contributed by atoms with van der Waals surface area (Å²) >= 11 is 1.63. The lowest BCUT2D eigenvalue weighted by Gasteiger charge is -2.04. The number of amides is 1. The van der Waals surface area contributed by atoms with Gasteiger partial charge in [0, 0.05) is 30.5 Å². The second-order valence-corrected chi connectivity index (χ2v) is 5.76. The SMILES string of the molecule is Cc1csc(CCC(=O)NCCCc2ccccc2)n1. The Morgan fingerprint density at radius 2 is 2.05 bits per heavy atom. The average Bonchev–Trinajstić information content (AvgIpc) is 2.88. The topological polar surface area (TPSA) is 42.0 Å². The van der Waals surface area contributed by atoms with Crippen LogP contribution in [0.15, 0.2) is 35.7 Å². The zero-order valence-corrected chi connectivity index (χ0v) is 12.6. The van der Waals surface area contributed by atoms with Crippen molar-refractivity contribution in [3.8, 4) is 0 Å². The number of nitrogens with one attached hydrogen (secondary N) is 1. The predicted octanol–water partition coefficient (Wildman–Crippen LogP) is 3.13. The number of thiazole rings is 1. The van der Waals surface area contributed by atoms with Gasteiger partial charge < -0.3 is 5.32 Å². The molecule has 0 aliphatic heterocycles. The molecule has 0 atom stereocenters. The molecule has 1 N–H and O–H groups in total. The van der Waals surface area contributed by atoms with Gasteiger partial charge in [0.15, 0.2) is 0 Å². The zero-order valence-electron chi connectivity index (χ0n) is 11.8. The summed E-state index contributed by atoms with van der Waals surface area (Å²) in [5.74, 6) is 0.117. The van der Waals surface area contributed by atoms with E-state index in [2.05, 4.69) is 22.4 Å². The first-order chi connectivity index (χ1) is 9.74. The molecule has 2 rings (SSSR count). The highest BCUT2D eigenvalue weighted by atomic mass is 32.1. The van der Waals surface area contributed by atoms with E-state index in [1.807, 2.05) is 30.5 Å². The van der Waals surface area contributed by atoms with Gasteiger partial charge in [-0.1, -0.05) is 30.3 Å². The van der Waals surface area contributed by atoms with Crippen molar-refractivity contribution in [3.05, 3.63) is 52.0 Å². The maximum Gasteiger partial charge on any atom is 0.220 e. The number of hydrogen-bond acceptors (Lipinski definition) is 3. The van der Waals surface area contributed by atoms with E-state index in [1.165, 1.54) is 5.56 Å². The van der Waals surface area contributed by atoms with Crippen molar-refractivity contribution < 1.29 is 4.79 Å². The van der Waals surface area contributed by atoms with E-state index in [1.54, 1.807) is 11.3 Å². The molecule has 1 aromatic heterocycles. The molecule has 0 radical (unpaired) electrons. The predicted molar refractivity (Wildman–Crippen MR) is 82.9 cm³/mol. The van der Waals surface area contributed by atoms with Crippen LogP contribution >= 0.6 is 11.3 Å². The largest absolute Gasteiger partial charge is 0.356 e. The fraction of sp³-hybridized carbons (Fsp3) is 0.375. The number of rotatable bonds is 7. The molecule has 0 bridgehead atoms. The lowest BCUT2D eigenvalue weighted by molar-refractivity contribution is -0.121. The third-order valence-corrected chi connectivity index (χ3v) is 4.07. The minimum Gasteiger partial charge on any atom is -0.356 e. The first-order valence-electron chi connectivity index (χ1n) is 6.95. The smallest absolute Gasteiger partial charge is 0.220 e. The molecule has 20 heavy (non-hydrogen) atoms. The number of aromatic nitrogens is 1. The molecule has 106 valence electrons. The van der Waals surface area contributed by atoms with Crippen LogP contribution in [-0.4, -0.2) is 17.4 Å². The molecule has 0 aliphatic carbocycles. The van der Waals surface area contributed by atoms with Crippen LogP contribution in [0, 0.1) is 6.92 Å². The number of carbonyl (C=O) groups is 1. The van der Waals surface area contributed by atoms with Crippen LogP contribution in [0.2, 0.25) is 0 Å². The molecule has 0 fully saturated rings. The van der Waals surface area contributed by atoms with Crippen molar-refractivity contribution in [1.29, 1.82) is 0 Å². The molecule has 3 nitrogen and oxygen atoms in total. The number of nitrogens with zero attached hydrogens (tertiary/aromatic N) is 1. The number of carbonyl (C=O) groups excluding carboxylic acids is 1. The zero-order chi connectivity index (χ0) is 14.2. The van der Waals surface area contributed by atoms with Gasteiger partial charge in [-0.05, 0) is 25.3 Å². The standard InChI is InChI=1S/C16H20N2OS/c1-13-12-20-16(18-13)10-9-15(19)17-11-5-8-14-6-3-2-4-7-14/h2-4,6-7,12H,5,8-11H2,1H3,(H,17,19). The van der Waals surface area contributed by atoms with E-state index in [0.717, 1.165) is 36.5 Å². The van der Waals surface area contributed by atoms with E-state index in [4.69, 9.17) is 0 Å². The van der Waals surface area contributed by atoms with Gasteiger partial charge in [0.1, 0.15) is 0 Å². The highest BCUT2D eigenvalue weighted by molar-refractivity contribution is 7.09. The minimum absolute atomic E-state index is 0.117. The number of hydrogen-bond donors (Lipinski definition) is 1. The fourth-order valence-electron chi connectivity index (χ4n) is 1.99. The summed E-state index contributed by atoms with van der Waals surface area (Å²) in [6, 6.07) is 10.3. The summed E-state index contributed by atoms with van der Waals surface area (Å²) in [6.45, 7) is 2.72. The molecular weight excluding hydrogens is 268 g/mol. The Balaban J connectivity index is 1.58. The molecule has 0 aliphatic rings. The fourth-order valence-corrected chi connectivity index (χ4v) is 2.77. The highest BCUT2D eigenvalue weighted by Crippen LogP contribution is 2.10. The van der Waals surface area contributed by atoms with Gasteiger partial charge in [0.25, 0.3) is 0 Å². The van der Waals surface area contributed by atoms with Crippen molar-refractivity contribution in [2.45, 2.75) is 32.6 Å². The van der Waals surface area contributed by atoms with Crippen molar-refractivity contribution in [2.24, 2.45) is 0 Å². The third-order valence-electron chi connectivity index (χ3n) is 3.04. The second kappa shape index (κ2) is 7.80. The molecule has 1 heterocycles. The molecule has 0 unspecified atom stereocenters. The Hall–Kier alpha value is -1.68. The van der Waals surface area contributed by atoms with Gasteiger partial charge >= 0.3 is 0 Å². The quantitative estimate of drug-likeness (QED) is 0.795. The summed E-state index contributed by atoms with van der Waals surface area (Å²) < 4.78 is 0. The van der Waals surface area contributed by atoms with E-state index in [0.29, 0.717) is 6.42 Å². The minimum atomic E-state index is 0.117. The molecule has 0 saturated heterocycles. The third kappa shape index (κ3) is 5.13. The lowest BCUT2D eigenvalue weighted by Crippen LogP contribution is -2.24. The van der Waals surface area contributed by atoms with Crippen LogP contribution < -0.4 is 5.32 Å². The Labute approximate surface area is 124 Å². The Morgan fingerprint density at radius 3 is 2.75 bits per heavy atom. The van der Waals surface area contributed by atoms with Crippen molar-refractivity contribution in [3.63, 3.8) is 0 Å². The van der Waals surface area contributed by atoms with E-state index in [-0.39, 0.29) is 5.91 Å². The first kappa shape index (κ1) is 14.7. The van der Waals surface area contributed by atoms with Gasteiger partial charge in [0.2, 0.25) is 5.91 Å². The summed E-state index contributed by atoms with van der Waals surface area (Å²) in [4.78, 5) is 16.1. The highest BCUT2D eigenvalue weighted by Gasteiger charge is 2.04. The summed E-state index contributed by atoms with van der Waals surface area (Å²) in [6.07, 6.45) is 3.25. The maximum atomic E-state index is 11.7. The molecule has 1 aromatic carbocycles. The Morgan fingerprint density at radius 1 is 1.25 bits per heavy atom. The van der Waals surface area contributed by atoms with Crippen LogP contribution in [0.5, 0.6) is 0 Å². The monoisotopic (exact) mass is 288 g/mol. The summed E-state index contributed by atoms with van der Waals surface area (Å²) in [5.41, 5.74) is 2.35. The number of benzene rings is 1. The Kier molecular flexibility index (Phi) is 5.74. The van der Waals surface area contributed by atoms with Gasteiger partial charge in [0.05, 0.1) is 5.01 Å². The van der Waals surface area contributed by atoms with Gasteiger partial charge in [-0.15, -0.1) is 11.3 Å². The van der Waals surface area contributed by atoms with E-state index >= 15 is 0 Å². The first-order valence-corrected chi connectivity index (χ1v) is 7.83. The summed E-state index contributed by atoms with van der Waals surface area (Å²) in [7, 11) is 0. The van der Waals surface area contributed by atoms with Crippen molar-refractivity contribution in [1.82, 2.24) is 10.3 Å². The summed E-state index contributed by atoms with van der Waals surface area (Å²) in [5, 5.41) is 6.03. The van der Waals surface area contributed by atoms with E-state index in [9.17, 15) is 4.79 Å². The van der Waals surface area contributed by atoms with Crippen LogP contribution in [0.1, 0.15) is 29.1 Å². The Bertz CT molecular complexity index is 536. The molecule has 1 amide bonds.